The van der Waals surface area contributed by atoms with Crippen LogP contribution in [0.5, 0.6) is 0 Å². The monoisotopic (exact) mass is 295 g/mol. The average molecular weight is 295 g/mol. The SMILES string of the molecule is CCC(C)c1nc(N2CC(C)N(C)C(C)C2)sc1C=O. The number of likely N-dealkylation sites (N-methyl/N-ethyl adjacent to an activating group) is 1. The molecule has 3 atom stereocenters. The summed E-state index contributed by atoms with van der Waals surface area (Å²) in [4.78, 5) is 21.6. The summed E-state index contributed by atoms with van der Waals surface area (Å²) in [6, 6.07) is 1.02. The minimum Gasteiger partial charge on any atom is -0.345 e. The van der Waals surface area contributed by atoms with Crippen molar-refractivity contribution in [3.8, 4) is 0 Å². The molecule has 2 heterocycles. The Morgan fingerprint density at radius 3 is 2.50 bits per heavy atom. The first kappa shape index (κ1) is 15.4. The predicted molar refractivity (Wildman–Crippen MR) is 85.1 cm³/mol. The van der Waals surface area contributed by atoms with Crippen LogP contribution in [0.1, 0.15) is 55.4 Å². The molecule has 0 N–H and O–H groups in total. The fourth-order valence-corrected chi connectivity index (χ4v) is 3.68. The Kier molecular flexibility index (Phi) is 4.81. The Bertz CT molecular complexity index is 462. The molecule has 4 nitrogen and oxygen atoms in total. The van der Waals surface area contributed by atoms with Gasteiger partial charge in [0.1, 0.15) is 0 Å². The van der Waals surface area contributed by atoms with Crippen LogP contribution in [0.3, 0.4) is 0 Å². The highest BCUT2D eigenvalue weighted by Gasteiger charge is 2.29. The number of carbonyl (C=O) groups is 1. The molecule has 1 aliphatic heterocycles. The second kappa shape index (κ2) is 6.22. The van der Waals surface area contributed by atoms with E-state index in [1.165, 1.54) is 0 Å². The van der Waals surface area contributed by atoms with Crippen LogP contribution in [0.2, 0.25) is 0 Å². The number of anilines is 1. The summed E-state index contributed by atoms with van der Waals surface area (Å²) in [6.07, 6.45) is 1.98. The van der Waals surface area contributed by atoms with Crippen molar-refractivity contribution in [2.24, 2.45) is 0 Å². The van der Waals surface area contributed by atoms with Crippen LogP contribution in [-0.4, -0.2) is 48.4 Å². The Hall–Kier alpha value is -0.940. The van der Waals surface area contributed by atoms with E-state index in [-0.39, 0.29) is 0 Å². The van der Waals surface area contributed by atoms with E-state index in [1.54, 1.807) is 11.3 Å². The highest BCUT2D eigenvalue weighted by Crippen LogP contribution is 2.32. The zero-order valence-electron chi connectivity index (χ0n) is 13.1. The molecule has 0 radical (unpaired) electrons. The quantitative estimate of drug-likeness (QED) is 0.800. The Balaban J connectivity index is 2.25. The smallest absolute Gasteiger partial charge is 0.186 e. The number of carbonyl (C=O) groups excluding carboxylic acids is 1. The molecular formula is C15H25N3OS. The standard InChI is InChI=1S/C15H25N3OS/c1-6-10(2)14-13(9-19)20-15(16-14)18-7-11(3)17(5)12(4)8-18/h9-12H,6-8H2,1-5H3. The van der Waals surface area contributed by atoms with E-state index in [2.05, 4.69) is 44.5 Å². The Morgan fingerprint density at radius 2 is 2.00 bits per heavy atom. The lowest BCUT2D eigenvalue weighted by molar-refractivity contribution is 0.112. The molecule has 0 aliphatic carbocycles. The number of nitrogens with zero attached hydrogens (tertiary/aromatic N) is 3. The normalized spacial score (nSPS) is 25.8. The van der Waals surface area contributed by atoms with Gasteiger partial charge in [-0.1, -0.05) is 25.2 Å². The van der Waals surface area contributed by atoms with Gasteiger partial charge in [0.2, 0.25) is 0 Å². The molecule has 3 unspecified atom stereocenters. The summed E-state index contributed by atoms with van der Waals surface area (Å²) < 4.78 is 0. The van der Waals surface area contributed by atoms with Crippen LogP contribution in [0.4, 0.5) is 5.13 Å². The third-order valence-electron chi connectivity index (χ3n) is 4.49. The topological polar surface area (TPSA) is 36.4 Å². The number of thiazole rings is 1. The molecule has 2 rings (SSSR count). The van der Waals surface area contributed by atoms with Crippen molar-refractivity contribution in [3.05, 3.63) is 10.6 Å². The van der Waals surface area contributed by atoms with Crippen LogP contribution in [0.25, 0.3) is 0 Å². The van der Waals surface area contributed by atoms with Crippen molar-refractivity contribution in [2.75, 3.05) is 25.0 Å². The molecule has 5 heteroatoms. The summed E-state index contributed by atoms with van der Waals surface area (Å²) in [7, 11) is 2.18. The number of aldehydes is 1. The van der Waals surface area contributed by atoms with Gasteiger partial charge in [-0.3, -0.25) is 9.69 Å². The summed E-state index contributed by atoms with van der Waals surface area (Å²) in [5.74, 6) is 0.350. The number of aromatic nitrogens is 1. The lowest BCUT2D eigenvalue weighted by Gasteiger charge is -2.42. The molecule has 0 bridgehead atoms. The molecule has 0 aromatic carbocycles. The van der Waals surface area contributed by atoms with E-state index in [0.29, 0.717) is 18.0 Å². The Labute approximate surface area is 125 Å². The third-order valence-corrected chi connectivity index (χ3v) is 5.54. The maximum absolute atomic E-state index is 11.3. The second-order valence-electron chi connectivity index (χ2n) is 5.94. The van der Waals surface area contributed by atoms with Gasteiger partial charge in [0.05, 0.1) is 10.6 Å². The zero-order valence-corrected chi connectivity index (χ0v) is 13.9. The molecule has 20 heavy (non-hydrogen) atoms. The highest BCUT2D eigenvalue weighted by molar-refractivity contribution is 7.17. The van der Waals surface area contributed by atoms with Crippen molar-refractivity contribution in [1.82, 2.24) is 9.88 Å². The van der Waals surface area contributed by atoms with Gasteiger partial charge in [-0.05, 0) is 33.2 Å². The molecule has 1 aromatic rings. The van der Waals surface area contributed by atoms with E-state index >= 15 is 0 Å². The van der Waals surface area contributed by atoms with Crippen molar-refractivity contribution in [1.29, 1.82) is 0 Å². The summed E-state index contributed by atoms with van der Waals surface area (Å²) in [5.41, 5.74) is 0.974. The van der Waals surface area contributed by atoms with Crippen LogP contribution in [0, 0.1) is 0 Å². The van der Waals surface area contributed by atoms with Gasteiger partial charge >= 0.3 is 0 Å². The van der Waals surface area contributed by atoms with Crippen LogP contribution in [0.15, 0.2) is 0 Å². The lowest BCUT2D eigenvalue weighted by atomic mass is 10.0. The van der Waals surface area contributed by atoms with Gasteiger partial charge in [0.25, 0.3) is 0 Å². The van der Waals surface area contributed by atoms with Crippen molar-refractivity contribution in [3.63, 3.8) is 0 Å². The van der Waals surface area contributed by atoms with Crippen molar-refractivity contribution in [2.45, 2.75) is 52.1 Å². The van der Waals surface area contributed by atoms with Crippen molar-refractivity contribution < 1.29 is 4.79 Å². The van der Waals surface area contributed by atoms with Gasteiger partial charge in [-0.2, -0.15) is 0 Å². The van der Waals surface area contributed by atoms with Gasteiger partial charge < -0.3 is 4.90 Å². The van der Waals surface area contributed by atoms with E-state index in [0.717, 1.165) is 41.5 Å². The number of rotatable bonds is 4. The number of hydrogen-bond donors (Lipinski definition) is 0. The maximum atomic E-state index is 11.3. The van der Waals surface area contributed by atoms with Gasteiger partial charge in [0.15, 0.2) is 11.4 Å². The van der Waals surface area contributed by atoms with E-state index < -0.39 is 0 Å². The first-order chi connectivity index (χ1) is 9.47. The summed E-state index contributed by atoms with van der Waals surface area (Å²) in [6.45, 7) is 10.7. The average Bonchev–Trinajstić information content (AvgIpc) is 2.87. The fourth-order valence-electron chi connectivity index (χ4n) is 2.66. The summed E-state index contributed by atoms with van der Waals surface area (Å²) in [5, 5.41) is 1.01. The van der Waals surface area contributed by atoms with Gasteiger partial charge in [-0.15, -0.1) is 0 Å². The first-order valence-electron chi connectivity index (χ1n) is 7.40. The molecule has 1 saturated heterocycles. The second-order valence-corrected chi connectivity index (χ2v) is 6.95. The largest absolute Gasteiger partial charge is 0.345 e. The third kappa shape index (κ3) is 2.88. The van der Waals surface area contributed by atoms with E-state index in [4.69, 9.17) is 4.98 Å². The number of hydrogen-bond acceptors (Lipinski definition) is 5. The van der Waals surface area contributed by atoms with Crippen molar-refractivity contribution >= 4 is 22.8 Å². The minimum atomic E-state index is 0.350. The molecule has 112 valence electrons. The molecule has 1 fully saturated rings. The van der Waals surface area contributed by atoms with E-state index in [1.807, 2.05) is 0 Å². The minimum absolute atomic E-state index is 0.350. The molecule has 0 spiro atoms. The molecule has 0 saturated carbocycles. The molecule has 1 aromatic heterocycles. The number of piperazine rings is 1. The Morgan fingerprint density at radius 1 is 1.40 bits per heavy atom. The summed E-state index contributed by atoms with van der Waals surface area (Å²) >= 11 is 1.54. The van der Waals surface area contributed by atoms with Gasteiger partial charge in [0, 0.05) is 25.2 Å². The predicted octanol–water partition coefficient (Wildman–Crippen LogP) is 3.00. The first-order valence-corrected chi connectivity index (χ1v) is 8.22. The fraction of sp³-hybridized carbons (Fsp3) is 0.733. The van der Waals surface area contributed by atoms with Gasteiger partial charge in [-0.25, -0.2) is 4.98 Å². The lowest BCUT2D eigenvalue weighted by Crippen LogP contribution is -2.55. The molecule has 0 amide bonds. The van der Waals surface area contributed by atoms with E-state index in [9.17, 15) is 4.79 Å². The zero-order chi connectivity index (χ0) is 14.9. The molecule has 1 aliphatic rings. The van der Waals surface area contributed by atoms with Crippen LogP contribution < -0.4 is 4.90 Å². The molecular weight excluding hydrogens is 270 g/mol. The maximum Gasteiger partial charge on any atom is 0.186 e. The highest BCUT2D eigenvalue weighted by atomic mass is 32.1. The van der Waals surface area contributed by atoms with Crippen LogP contribution in [-0.2, 0) is 0 Å². The van der Waals surface area contributed by atoms with Crippen LogP contribution >= 0.6 is 11.3 Å².